The van der Waals surface area contributed by atoms with Crippen molar-refractivity contribution in [3.05, 3.63) is 22.7 Å². The fourth-order valence-electron chi connectivity index (χ4n) is 2.29. The highest BCUT2D eigenvalue weighted by molar-refractivity contribution is 5.23. The summed E-state index contributed by atoms with van der Waals surface area (Å²) in [6.45, 7) is 2.56. The number of hydrogen-bond acceptors (Lipinski definition) is 9. The Kier molecular flexibility index (Phi) is 6.45. The number of nitrogens with two attached hydrogens (primary N) is 1. The van der Waals surface area contributed by atoms with Crippen LogP contribution in [0.3, 0.4) is 0 Å². The minimum absolute atomic E-state index is 0.0833. The van der Waals surface area contributed by atoms with E-state index in [2.05, 4.69) is 10.5 Å². The molecule has 1 aliphatic heterocycles. The summed E-state index contributed by atoms with van der Waals surface area (Å²) in [5.41, 5.74) is 7.50. The van der Waals surface area contributed by atoms with E-state index in [-0.39, 0.29) is 19.0 Å². The lowest BCUT2D eigenvalue weighted by atomic mass is 10.1. The molecular weight excluding hydrogens is 308 g/mol. The number of nitrogens with one attached hydrogen (secondary N) is 1. The summed E-state index contributed by atoms with van der Waals surface area (Å²) in [5.74, 6) is 0.0833. The fraction of sp³-hybridized carbons (Fsp3) is 0.692. The molecule has 10 heteroatoms. The van der Waals surface area contributed by atoms with E-state index in [0.29, 0.717) is 6.54 Å². The Bertz CT molecular complexity index is 554. The number of aliphatic hydroxyl groups is 2. The van der Waals surface area contributed by atoms with Crippen LogP contribution in [0.5, 0.6) is 0 Å². The molecule has 2 rings (SSSR count). The van der Waals surface area contributed by atoms with E-state index in [1.54, 1.807) is 0 Å². The van der Waals surface area contributed by atoms with Crippen molar-refractivity contribution in [1.82, 2.24) is 15.0 Å². The van der Waals surface area contributed by atoms with Crippen LogP contribution in [0.15, 0.2) is 17.1 Å². The van der Waals surface area contributed by atoms with E-state index in [0.717, 1.165) is 0 Å². The zero-order chi connectivity index (χ0) is 16.8. The van der Waals surface area contributed by atoms with Gasteiger partial charge in [-0.3, -0.25) is 9.40 Å². The highest BCUT2D eigenvalue weighted by Gasteiger charge is 2.45. The van der Waals surface area contributed by atoms with Gasteiger partial charge in [0.1, 0.15) is 24.1 Å². The van der Waals surface area contributed by atoms with E-state index in [1.165, 1.54) is 16.8 Å². The van der Waals surface area contributed by atoms with Crippen molar-refractivity contribution in [2.45, 2.75) is 31.5 Å². The van der Waals surface area contributed by atoms with Gasteiger partial charge in [0.05, 0.1) is 19.8 Å². The lowest BCUT2D eigenvalue weighted by Crippen LogP contribution is -2.39. The summed E-state index contributed by atoms with van der Waals surface area (Å²) in [4.78, 5) is 20.6. The second-order valence-corrected chi connectivity index (χ2v) is 4.96. The van der Waals surface area contributed by atoms with Crippen molar-refractivity contribution >= 4 is 5.82 Å². The van der Waals surface area contributed by atoms with Gasteiger partial charge >= 0.3 is 5.69 Å². The Labute approximate surface area is 132 Å². The average Bonchev–Trinajstić information content (AvgIpc) is 2.83. The smallest absolute Gasteiger partial charge is 0.351 e. The van der Waals surface area contributed by atoms with Crippen LogP contribution in [0.2, 0.25) is 0 Å². The number of rotatable bonds is 8. The van der Waals surface area contributed by atoms with Crippen LogP contribution < -0.4 is 16.9 Å². The zero-order valence-electron chi connectivity index (χ0n) is 12.8. The van der Waals surface area contributed by atoms with E-state index < -0.39 is 36.8 Å². The minimum Gasteiger partial charge on any atom is -0.394 e. The van der Waals surface area contributed by atoms with Crippen molar-refractivity contribution in [2.24, 2.45) is 0 Å². The third kappa shape index (κ3) is 4.25. The Hall–Kier alpha value is -1.56. The molecular formula is C13H22N4O6. The number of hydrogen-bond donors (Lipinski definition) is 4. The molecule has 130 valence electrons. The Morgan fingerprint density at radius 1 is 1.52 bits per heavy atom. The number of nitrogens with zero attached hydrogens (tertiary/aromatic N) is 2. The summed E-state index contributed by atoms with van der Waals surface area (Å²) in [7, 11) is 0. The first-order valence-corrected chi connectivity index (χ1v) is 7.33. The van der Waals surface area contributed by atoms with Crippen LogP contribution in [0.4, 0.5) is 5.82 Å². The van der Waals surface area contributed by atoms with Crippen LogP contribution in [-0.4, -0.2) is 64.4 Å². The molecule has 0 aromatic carbocycles. The van der Waals surface area contributed by atoms with Crippen molar-refractivity contribution < 1.29 is 24.5 Å². The molecule has 5 N–H and O–H groups in total. The predicted molar refractivity (Wildman–Crippen MR) is 79.3 cm³/mol. The molecule has 1 aromatic heterocycles. The van der Waals surface area contributed by atoms with Crippen molar-refractivity contribution in [2.75, 3.05) is 32.1 Å². The topological polar surface area (TPSA) is 141 Å². The molecule has 2 heterocycles. The summed E-state index contributed by atoms with van der Waals surface area (Å²) in [6, 6.07) is 1.44. The standard InChI is InChI=1S/C13H22N4O6/c1-2-15-22-6-5-21-11-10(19)8(7-18)23-12(11)17-4-3-9(14)16-13(17)20/h3-4,8,10-12,15,18-19H,2,5-7H2,1H3,(H2,14,16,20)/t8-,10?,11?,12-/m1/s1. The number of ether oxygens (including phenoxy) is 2. The van der Waals surface area contributed by atoms with Crippen LogP contribution in [0, 0.1) is 0 Å². The molecule has 10 nitrogen and oxygen atoms in total. The van der Waals surface area contributed by atoms with Crippen LogP contribution in [-0.2, 0) is 14.3 Å². The maximum absolute atomic E-state index is 11.9. The maximum atomic E-state index is 11.9. The molecule has 4 atom stereocenters. The molecule has 2 unspecified atom stereocenters. The monoisotopic (exact) mass is 330 g/mol. The third-order valence-electron chi connectivity index (χ3n) is 3.36. The average molecular weight is 330 g/mol. The molecule has 0 radical (unpaired) electrons. The maximum Gasteiger partial charge on any atom is 0.351 e. The minimum atomic E-state index is -1.09. The lowest BCUT2D eigenvalue weighted by Gasteiger charge is -2.22. The van der Waals surface area contributed by atoms with Gasteiger partial charge in [-0.05, 0) is 6.07 Å². The molecule has 23 heavy (non-hydrogen) atoms. The van der Waals surface area contributed by atoms with Gasteiger partial charge in [-0.1, -0.05) is 6.92 Å². The second kappa shape index (κ2) is 8.34. The number of aromatic nitrogens is 2. The van der Waals surface area contributed by atoms with E-state index >= 15 is 0 Å². The van der Waals surface area contributed by atoms with Crippen LogP contribution in [0.25, 0.3) is 0 Å². The van der Waals surface area contributed by atoms with Crippen molar-refractivity contribution in [1.29, 1.82) is 0 Å². The first kappa shape index (κ1) is 17.8. The number of hydroxylamine groups is 1. The first-order valence-electron chi connectivity index (χ1n) is 7.33. The second-order valence-electron chi connectivity index (χ2n) is 4.96. The number of aliphatic hydroxyl groups excluding tert-OH is 2. The Balaban J connectivity index is 2.09. The van der Waals surface area contributed by atoms with Gasteiger partial charge in [0.25, 0.3) is 0 Å². The highest BCUT2D eigenvalue weighted by atomic mass is 16.7. The van der Waals surface area contributed by atoms with Crippen molar-refractivity contribution in [3.63, 3.8) is 0 Å². The molecule has 1 fully saturated rings. The van der Waals surface area contributed by atoms with Gasteiger partial charge < -0.3 is 25.4 Å². The highest BCUT2D eigenvalue weighted by Crippen LogP contribution is 2.30. The van der Waals surface area contributed by atoms with Gasteiger partial charge in [0.2, 0.25) is 0 Å². The molecule has 0 aliphatic carbocycles. The summed E-state index contributed by atoms with van der Waals surface area (Å²) in [5, 5.41) is 19.5. The lowest BCUT2D eigenvalue weighted by molar-refractivity contribution is -0.0919. The molecule has 0 spiro atoms. The molecule has 1 aromatic rings. The van der Waals surface area contributed by atoms with Gasteiger partial charge in [-0.15, -0.1) is 0 Å². The summed E-state index contributed by atoms with van der Waals surface area (Å²) < 4.78 is 12.3. The predicted octanol–water partition coefficient (Wildman–Crippen LogP) is -2.00. The zero-order valence-corrected chi connectivity index (χ0v) is 12.8. The van der Waals surface area contributed by atoms with Crippen molar-refractivity contribution in [3.8, 4) is 0 Å². The summed E-state index contributed by atoms with van der Waals surface area (Å²) in [6.07, 6.45) is -2.30. The Morgan fingerprint density at radius 2 is 2.30 bits per heavy atom. The fourth-order valence-corrected chi connectivity index (χ4v) is 2.29. The number of anilines is 1. The normalized spacial score (nSPS) is 27.4. The SMILES string of the molecule is CCNOCCOC1C(O)[C@@H](CO)O[C@H]1n1ccc(N)nc1=O. The molecule has 0 amide bonds. The Morgan fingerprint density at radius 3 is 2.96 bits per heavy atom. The summed E-state index contributed by atoms with van der Waals surface area (Å²) >= 11 is 0. The van der Waals surface area contributed by atoms with Gasteiger partial charge in [0, 0.05) is 12.7 Å². The quantitative estimate of drug-likeness (QED) is 0.314. The van der Waals surface area contributed by atoms with Gasteiger partial charge in [-0.25, -0.2) is 10.3 Å². The van der Waals surface area contributed by atoms with Crippen LogP contribution >= 0.6 is 0 Å². The van der Waals surface area contributed by atoms with E-state index in [9.17, 15) is 15.0 Å². The van der Waals surface area contributed by atoms with Gasteiger partial charge in [-0.2, -0.15) is 4.98 Å². The third-order valence-corrected chi connectivity index (χ3v) is 3.36. The van der Waals surface area contributed by atoms with E-state index in [1.807, 2.05) is 6.92 Å². The van der Waals surface area contributed by atoms with Gasteiger partial charge in [0.15, 0.2) is 6.23 Å². The molecule has 0 bridgehead atoms. The first-order chi connectivity index (χ1) is 11.1. The van der Waals surface area contributed by atoms with Crippen LogP contribution in [0.1, 0.15) is 13.2 Å². The largest absolute Gasteiger partial charge is 0.394 e. The van der Waals surface area contributed by atoms with E-state index in [4.69, 9.17) is 20.0 Å². The molecule has 0 saturated carbocycles. The number of nitrogen functional groups attached to an aromatic ring is 1. The molecule has 1 aliphatic rings. The molecule has 1 saturated heterocycles.